The van der Waals surface area contributed by atoms with E-state index in [1.165, 1.54) is 77.0 Å². The second-order valence-electron chi connectivity index (χ2n) is 22.6. The summed E-state index contributed by atoms with van der Waals surface area (Å²) in [6.45, 7) is 4.50. The third-order valence-corrected chi connectivity index (χ3v) is 13.6. The lowest BCUT2D eigenvalue weighted by Crippen LogP contribution is -2.44. The minimum Gasteiger partial charge on any atom is -0.545 e. The maximum atomic E-state index is 12.9. The lowest BCUT2D eigenvalue weighted by molar-refractivity contribution is -0.870. The van der Waals surface area contributed by atoms with E-state index in [0.29, 0.717) is 17.4 Å². The molecule has 0 aliphatic carbocycles. The van der Waals surface area contributed by atoms with Gasteiger partial charge in [0.05, 0.1) is 40.3 Å². The molecule has 0 saturated carbocycles. The maximum Gasteiger partial charge on any atom is 0.306 e. The fourth-order valence-electron chi connectivity index (χ4n) is 8.60. The zero-order chi connectivity index (χ0) is 60.5. The molecule has 0 saturated heterocycles. The number of carboxylic acid groups (broad SMARTS) is 1. The normalized spacial score (nSPS) is 13.7. The highest BCUT2D eigenvalue weighted by molar-refractivity contribution is 5.70. The Morgan fingerprint density at radius 2 is 0.651 bits per heavy atom. The number of esters is 2. The molecule has 2 unspecified atom stereocenters. The van der Waals surface area contributed by atoms with Crippen LogP contribution in [0.1, 0.15) is 245 Å². The van der Waals surface area contributed by atoms with Crippen molar-refractivity contribution < 1.29 is 42.9 Å². The number of carbonyl (C=O) groups excluding carboxylic acids is 3. The van der Waals surface area contributed by atoms with Crippen molar-refractivity contribution in [3.05, 3.63) is 146 Å². The Kier molecular flexibility index (Phi) is 59.5. The largest absolute Gasteiger partial charge is 0.545 e. The monoisotopic (exact) mass is 1150 g/mol. The quantitative estimate of drug-likeness (QED) is 0.0195. The molecule has 0 aromatic carbocycles. The summed E-state index contributed by atoms with van der Waals surface area (Å²) in [6.07, 6.45) is 89.0. The molecule has 0 rings (SSSR count). The molecule has 0 aromatic heterocycles. The summed E-state index contributed by atoms with van der Waals surface area (Å²) in [4.78, 5) is 37.4. The van der Waals surface area contributed by atoms with Crippen molar-refractivity contribution in [1.82, 2.24) is 0 Å². The van der Waals surface area contributed by atoms with Crippen LogP contribution in [0.25, 0.3) is 0 Å². The first-order chi connectivity index (χ1) is 40.6. The lowest BCUT2D eigenvalue weighted by atomic mass is 10.0. The molecule has 83 heavy (non-hydrogen) atoms. The third-order valence-electron chi connectivity index (χ3n) is 13.6. The van der Waals surface area contributed by atoms with E-state index in [1.54, 1.807) is 0 Å². The van der Waals surface area contributed by atoms with Crippen molar-refractivity contribution in [2.75, 3.05) is 47.5 Å². The van der Waals surface area contributed by atoms with Crippen LogP contribution in [-0.4, -0.2) is 82.3 Å². The standard InChI is InChI=1S/C74H121NO8/c1-6-8-10-12-14-16-18-20-22-24-26-28-30-31-32-33-34-35-36-37-38-39-40-41-43-45-47-49-51-53-55-57-59-61-63-65-72(77)83-70(69-82-74(73(78)79)80-67-66-75(3,4)5)68-81-71(76)64-62-60-58-56-54-52-50-48-46-44-42-29-27-25-23-21-19-17-15-13-11-9-7-2/h8-11,14-17,20-23,26-29,31-32,34-35,37-38,40-41,70,74H,6-7,12-13,18-19,24-25,30,33,36,39,42-69H2,1-5H3/b10-8-,11-9-,16-14-,17-15-,22-20-,23-21-,28-26-,29-27-,32-31-,35-34-,38-37-,41-40-. The van der Waals surface area contributed by atoms with Gasteiger partial charge in [-0.2, -0.15) is 0 Å². The number of hydrogen-bond acceptors (Lipinski definition) is 8. The second kappa shape index (κ2) is 63.2. The van der Waals surface area contributed by atoms with E-state index >= 15 is 0 Å². The molecule has 0 amide bonds. The minimum atomic E-state index is -1.63. The average Bonchev–Trinajstić information content (AvgIpc) is 3.46. The number of hydrogen-bond donors (Lipinski definition) is 0. The Hall–Kier alpha value is -4.83. The molecular formula is C74H121NO8. The van der Waals surface area contributed by atoms with E-state index in [-0.39, 0.29) is 38.6 Å². The van der Waals surface area contributed by atoms with Gasteiger partial charge in [0, 0.05) is 12.8 Å². The van der Waals surface area contributed by atoms with Crippen LogP contribution in [0.3, 0.4) is 0 Å². The van der Waals surface area contributed by atoms with Crippen LogP contribution in [0.4, 0.5) is 0 Å². The Balaban J connectivity index is 4.21. The molecule has 9 heteroatoms. The number of carboxylic acids is 1. The molecule has 470 valence electrons. The van der Waals surface area contributed by atoms with Crippen molar-refractivity contribution in [3.63, 3.8) is 0 Å². The first-order valence-corrected chi connectivity index (χ1v) is 33.0. The number of aliphatic carboxylic acids is 1. The molecule has 9 nitrogen and oxygen atoms in total. The van der Waals surface area contributed by atoms with Crippen molar-refractivity contribution in [2.45, 2.75) is 257 Å². The summed E-state index contributed by atoms with van der Waals surface area (Å²) in [6, 6.07) is 0. The predicted molar refractivity (Wildman–Crippen MR) is 352 cm³/mol. The van der Waals surface area contributed by atoms with E-state index in [4.69, 9.17) is 18.9 Å². The van der Waals surface area contributed by atoms with E-state index in [9.17, 15) is 19.5 Å². The van der Waals surface area contributed by atoms with Crippen LogP contribution in [0.2, 0.25) is 0 Å². The molecule has 2 atom stereocenters. The van der Waals surface area contributed by atoms with Crippen LogP contribution in [0, 0.1) is 0 Å². The highest BCUT2D eigenvalue weighted by atomic mass is 16.7. The van der Waals surface area contributed by atoms with E-state index < -0.39 is 24.3 Å². The molecule has 0 bridgehead atoms. The topological polar surface area (TPSA) is 111 Å². The maximum absolute atomic E-state index is 12.9. The number of quaternary nitrogens is 1. The number of ether oxygens (including phenoxy) is 4. The molecule has 0 fully saturated rings. The minimum absolute atomic E-state index is 0.139. The average molecular weight is 1150 g/mol. The molecule has 0 aromatic rings. The van der Waals surface area contributed by atoms with Crippen LogP contribution in [0.5, 0.6) is 0 Å². The van der Waals surface area contributed by atoms with E-state index in [1.807, 2.05) is 21.1 Å². The summed E-state index contributed by atoms with van der Waals surface area (Å²) in [5.41, 5.74) is 0. The molecule has 0 spiro atoms. The van der Waals surface area contributed by atoms with Gasteiger partial charge in [-0.25, -0.2) is 0 Å². The number of rotatable bonds is 59. The Morgan fingerprint density at radius 3 is 0.964 bits per heavy atom. The molecule has 0 aliphatic rings. The highest BCUT2D eigenvalue weighted by Gasteiger charge is 2.22. The van der Waals surface area contributed by atoms with E-state index in [2.05, 4.69) is 160 Å². The predicted octanol–water partition coefficient (Wildman–Crippen LogP) is 19.0. The smallest absolute Gasteiger partial charge is 0.306 e. The number of nitrogens with zero attached hydrogens (tertiary/aromatic N) is 1. The van der Waals surface area contributed by atoms with Gasteiger partial charge in [0.1, 0.15) is 13.2 Å². The van der Waals surface area contributed by atoms with Gasteiger partial charge in [0.2, 0.25) is 0 Å². The van der Waals surface area contributed by atoms with Gasteiger partial charge in [0.25, 0.3) is 0 Å². The molecule has 0 radical (unpaired) electrons. The molecular weight excluding hydrogens is 1030 g/mol. The van der Waals surface area contributed by atoms with Crippen LogP contribution < -0.4 is 5.11 Å². The fraction of sp³-hybridized carbons (Fsp3) is 0.635. The number of likely N-dealkylation sites (N-methyl/N-ethyl adjacent to an activating group) is 1. The molecule has 0 aliphatic heterocycles. The van der Waals surface area contributed by atoms with Crippen LogP contribution in [-0.2, 0) is 33.3 Å². The van der Waals surface area contributed by atoms with Crippen molar-refractivity contribution in [3.8, 4) is 0 Å². The summed E-state index contributed by atoms with van der Waals surface area (Å²) in [5, 5.41) is 11.8. The van der Waals surface area contributed by atoms with Crippen LogP contribution in [0.15, 0.2) is 146 Å². The van der Waals surface area contributed by atoms with Gasteiger partial charge in [-0.05, 0) is 116 Å². The molecule has 0 heterocycles. The summed E-state index contributed by atoms with van der Waals surface area (Å²) in [7, 11) is 5.92. The second-order valence-corrected chi connectivity index (χ2v) is 22.6. The summed E-state index contributed by atoms with van der Waals surface area (Å²) >= 11 is 0. The van der Waals surface area contributed by atoms with Crippen molar-refractivity contribution >= 4 is 17.9 Å². The number of allylic oxidation sites excluding steroid dienone is 24. The van der Waals surface area contributed by atoms with E-state index in [0.717, 1.165) is 135 Å². The zero-order valence-corrected chi connectivity index (χ0v) is 53.5. The van der Waals surface area contributed by atoms with Gasteiger partial charge in [-0.3, -0.25) is 9.59 Å². The summed E-state index contributed by atoms with van der Waals surface area (Å²) < 4.78 is 22.8. The van der Waals surface area contributed by atoms with Gasteiger partial charge in [-0.15, -0.1) is 0 Å². The third kappa shape index (κ3) is 64.6. The van der Waals surface area contributed by atoms with Crippen molar-refractivity contribution in [2.24, 2.45) is 0 Å². The Morgan fingerprint density at radius 1 is 0.361 bits per heavy atom. The Bertz CT molecular complexity index is 1870. The van der Waals surface area contributed by atoms with Gasteiger partial charge in [0.15, 0.2) is 12.4 Å². The summed E-state index contributed by atoms with van der Waals surface area (Å²) in [5.74, 6) is -2.30. The fourth-order valence-corrected chi connectivity index (χ4v) is 8.60. The van der Waals surface area contributed by atoms with Gasteiger partial charge >= 0.3 is 11.9 Å². The van der Waals surface area contributed by atoms with Crippen LogP contribution >= 0.6 is 0 Å². The SMILES string of the molecule is CC/C=C\C/C=C\C/C=C\C/C=C\C/C=C\C/C=C\C/C=C\C/C=C\CCCCCCCCCCCCC(=O)OC(COC(=O)CCCCCCCCCCCC/C=C\C/C=C\C/C=C\C/C=C\CC)COC(OCC[N+](C)(C)C)C(=O)[O-]. The first-order valence-electron chi connectivity index (χ1n) is 33.0. The van der Waals surface area contributed by atoms with Gasteiger partial charge in [-0.1, -0.05) is 262 Å². The van der Waals surface area contributed by atoms with Crippen molar-refractivity contribution in [1.29, 1.82) is 0 Å². The number of carbonyl (C=O) groups is 3. The molecule has 0 N–H and O–H groups in total. The first kappa shape index (κ1) is 78.2. The lowest BCUT2D eigenvalue weighted by Gasteiger charge is -2.26. The number of unbranched alkanes of at least 4 members (excludes halogenated alkanes) is 20. The zero-order valence-electron chi connectivity index (χ0n) is 53.5. The highest BCUT2D eigenvalue weighted by Crippen LogP contribution is 2.16. The Labute approximate surface area is 509 Å². The van der Waals surface area contributed by atoms with Gasteiger partial charge < -0.3 is 33.3 Å².